The van der Waals surface area contributed by atoms with Crippen molar-refractivity contribution in [3.8, 4) is 34.6 Å². The average Bonchev–Trinajstić information content (AvgIpc) is 3.39. The van der Waals surface area contributed by atoms with Gasteiger partial charge < -0.3 is 19.2 Å². The number of aromatic nitrogens is 4. The Morgan fingerprint density at radius 1 is 1.07 bits per heavy atom. The van der Waals surface area contributed by atoms with Gasteiger partial charge in [-0.15, -0.1) is 11.3 Å². The van der Waals surface area contributed by atoms with E-state index in [9.17, 15) is 14.9 Å². The second-order valence-corrected chi connectivity index (χ2v) is 11.2. The molecule has 4 rings (SSSR count). The molecule has 12 heteroatoms. The van der Waals surface area contributed by atoms with Gasteiger partial charge in [0.25, 0.3) is 11.1 Å². The summed E-state index contributed by atoms with van der Waals surface area (Å²) < 4.78 is 17.8. The number of benzene rings is 1. The molecular weight excluding hydrogens is 550 g/mol. The number of H-pyrrole nitrogens is 1. The maximum Gasteiger partial charge on any atom is 0.270 e. The smallest absolute Gasteiger partial charge is 0.270 e. The Morgan fingerprint density at radius 3 is 2.48 bits per heavy atom. The van der Waals surface area contributed by atoms with Crippen LogP contribution >= 0.6 is 23.1 Å². The minimum absolute atomic E-state index is 0.0824. The number of hydrogen-bond acceptors (Lipinski definition) is 10. The van der Waals surface area contributed by atoms with E-state index in [4.69, 9.17) is 14.2 Å². The van der Waals surface area contributed by atoms with Crippen LogP contribution in [-0.2, 0) is 13.0 Å². The molecule has 0 aliphatic heterocycles. The van der Waals surface area contributed by atoms with Crippen LogP contribution in [-0.4, -0.2) is 46.6 Å². The first kappa shape index (κ1) is 29.2. The summed E-state index contributed by atoms with van der Waals surface area (Å²) in [6.45, 7) is 2.56. The molecule has 0 aliphatic carbocycles. The number of hydrogen-bond donors (Lipinski definition) is 1. The molecule has 10 nitrogen and oxygen atoms in total. The van der Waals surface area contributed by atoms with E-state index in [0.717, 1.165) is 17.7 Å². The second-order valence-electron chi connectivity index (χ2n) is 8.95. The fourth-order valence-corrected chi connectivity index (χ4v) is 6.14. The number of methoxy groups -OCH3 is 3. The van der Waals surface area contributed by atoms with Gasteiger partial charge in [0, 0.05) is 22.7 Å². The zero-order valence-electron chi connectivity index (χ0n) is 22.9. The van der Waals surface area contributed by atoms with Crippen molar-refractivity contribution in [3.63, 3.8) is 0 Å². The molecule has 0 unspecified atom stereocenters. The molecule has 3 aromatic heterocycles. The molecule has 4 aromatic rings. The predicted octanol–water partition coefficient (Wildman–Crippen LogP) is 5.02. The predicted molar refractivity (Wildman–Crippen MR) is 157 cm³/mol. The molecule has 0 saturated heterocycles. The number of ether oxygens (including phenoxy) is 3. The lowest BCUT2D eigenvalue weighted by atomic mass is 10.1. The second kappa shape index (κ2) is 13.5. The van der Waals surface area contributed by atoms with E-state index in [1.165, 1.54) is 57.2 Å². The summed E-state index contributed by atoms with van der Waals surface area (Å²) in [7, 11) is 4.46. The summed E-state index contributed by atoms with van der Waals surface area (Å²) >= 11 is 2.85. The highest BCUT2D eigenvalue weighted by atomic mass is 32.2. The summed E-state index contributed by atoms with van der Waals surface area (Å²) in [5.74, 6) is 1.58. The highest BCUT2D eigenvalue weighted by Crippen LogP contribution is 2.41. The van der Waals surface area contributed by atoms with Crippen LogP contribution in [0.2, 0.25) is 0 Å². The number of nitrogens with one attached hydrogen (secondary N) is 1. The zero-order chi connectivity index (χ0) is 28.6. The van der Waals surface area contributed by atoms with E-state index in [0.29, 0.717) is 45.7 Å². The molecule has 0 fully saturated rings. The van der Waals surface area contributed by atoms with Gasteiger partial charge in [-0.3, -0.25) is 14.2 Å². The van der Waals surface area contributed by atoms with Crippen molar-refractivity contribution in [2.75, 3.05) is 27.1 Å². The fourth-order valence-electron chi connectivity index (χ4n) is 4.31. The molecule has 210 valence electrons. The summed E-state index contributed by atoms with van der Waals surface area (Å²) in [6, 6.07) is 7.18. The van der Waals surface area contributed by atoms with Crippen LogP contribution in [0.4, 0.5) is 0 Å². The van der Waals surface area contributed by atoms with Crippen LogP contribution < -0.4 is 25.3 Å². The van der Waals surface area contributed by atoms with E-state index < -0.39 is 5.56 Å². The number of unbranched alkanes of at least 4 members (excludes halogenated alkanes) is 3. The first-order valence-electron chi connectivity index (χ1n) is 12.9. The first-order valence-corrected chi connectivity index (χ1v) is 14.7. The van der Waals surface area contributed by atoms with Crippen LogP contribution in [0.15, 0.2) is 39.3 Å². The molecule has 0 atom stereocenters. The third-order valence-corrected chi connectivity index (χ3v) is 8.32. The number of aromatic amines is 1. The monoisotopic (exact) mass is 581 g/mol. The van der Waals surface area contributed by atoms with Crippen molar-refractivity contribution in [2.24, 2.45) is 0 Å². The Bertz CT molecular complexity index is 1630. The van der Waals surface area contributed by atoms with Crippen LogP contribution in [0.25, 0.3) is 21.5 Å². The Kier molecular flexibility index (Phi) is 9.84. The molecule has 0 spiro atoms. The van der Waals surface area contributed by atoms with Crippen LogP contribution in [0, 0.1) is 11.3 Å². The van der Waals surface area contributed by atoms with Crippen molar-refractivity contribution in [1.82, 2.24) is 19.5 Å². The Labute approximate surface area is 240 Å². The normalized spacial score (nSPS) is 11.0. The van der Waals surface area contributed by atoms with Crippen molar-refractivity contribution in [2.45, 2.75) is 50.7 Å². The number of fused-ring (bicyclic) bond motifs is 1. The molecule has 0 amide bonds. The molecule has 3 heterocycles. The maximum atomic E-state index is 13.1. The van der Waals surface area contributed by atoms with Gasteiger partial charge in [0.05, 0.1) is 38.7 Å². The highest BCUT2D eigenvalue weighted by Gasteiger charge is 2.19. The van der Waals surface area contributed by atoms with Gasteiger partial charge in [-0.05, 0) is 31.0 Å². The molecule has 0 aliphatic rings. The van der Waals surface area contributed by atoms with Crippen LogP contribution in [0.1, 0.15) is 43.0 Å². The molecule has 1 N–H and O–H groups in total. The number of nitrogens with zero attached hydrogens (tertiary/aromatic N) is 4. The number of thiophene rings is 1. The summed E-state index contributed by atoms with van der Waals surface area (Å²) in [4.78, 5) is 39.5. The number of thioether (sulfide) groups is 1. The summed E-state index contributed by atoms with van der Waals surface area (Å²) in [5.41, 5.74) is -0.118. The number of nitriles is 1. The van der Waals surface area contributed by atoms with Gasteiger partial charge in [0.15, 0.2) is 16.7 Å². The minimum Gasteiger partial charge on any atom is -0.493 e. The van der Waals surface area contributed by atoms with Crippen LogP contribution in [0.5, 0.6) is 17.2 Å². The standard InChI is InChI=1S/C28H31N5O5S2/c1-5-6-7-8-9-18-14-19-26(40-18)30-16-33(27(19)35)10-11-39-28-31-23(20(15-29)25(34)32-28)17-12-21(36-2)24(38-4)22(13-17)37-3/h12-14,16H,5-11H2,1-4H3,(H,31,32,34). The topological polar surface area (TPSA) is 132 Å². The summed E-state index contributed by atoms with van der Waals surface area (Å²) in [5, 5.41) is 10.6. The molecular formula is C28H31N5O5S2. The van der Waals surface area contributed by atoms with Crippen molar-refractivity contribution >= 4 is 33.3 Å². The quantitative estimate of drug-likeness (QED) is 0.131. The lowest BCUT2D eigenvalue weighted by Gasteiger charge is -2.14. The lowest BCUT2D eigenvalue weighted by molar-refractivity contribution is 0.324. The van der Waals surface area contributed by atoms with Gasteiger partial charge in [-0.25, -0.2) is 9.97 Å². The van der Waals surface area contributed by atoms with Gasteiger partial charge in [-0.2, -0.15) is 5.26 Å². The Hall–Kier alpha value is -3.82. The highest BCUT2D eigenvalue weighted by molar-refractivity contribution is 7.99. The molecule has 0 bridgehead atoms. The first-order chi connectivity index (χ1) is 19.4. The van der Waals surface area contributed by atoms with Gasteiger partial charge in [-0.1, -0.05) is 37.9 Å². The SMILES string of the molecule is CCCCCCc1cc2c(=O)n(CCSc3nc(-c4cc(OC)c(OC)c(OC)c4)c(C#N)c(=O)[nH]3)cnc2s1. The van der Waals surface area contributed by atoms with E-state index in [-0.39, 0.29) is 16.8 Å². The van der Waals surface area contributed by atoms with Crippen molar-refractivity contribution in [1.29, 1.82) is 5.26 Å². The van der Waals surface area contributed by atoms with Gasteiger partial charge >= 0.3 is 0 Å². The lowest BCUT2D eigenvalue weighted by Crippen LogP contribution is -2.21. The number of rotatable bonds is 13. The Balaban J connectivity index is 1.54. The van der Waals surface area contributed by atoms with Crippen molar-refractivity contribution in [3.05, 3.63) is 55.7 Å². The van der Waals surface area contributed by atoms with E-state index in [1.54, 1.807) is 34.4 Å². The third kappa shape index (κ3) is 6.32. The zero-order valence-corrected chi connectivity index (χ0v) is 24.5. The van der Waals surface area contributed by atoms with Crippen molar-refractivity contribution < 1.29 is 14.2 Å². The van der Waals surface area contributed by atoms with E-state index in [1.807, 2.05) is 12.1 Å². The largest absolute Gasteiger partial charge is 0.493 e. The molecule has 40 heavy (non-hydrogen) atoms. The molecule has 0 saturated carbocycles. The number of aryl methyl sites for hydroxylation is 2. The van der Waals surface area contributed by atoms with E-state index >= 15 is 0 Å². The minimum atomic E-state index is -0.561. The molecule has 0 radical (unpaired) electrons. The van der Waals surface area contributed by atoms with Crippen LogP contribution in [0.3, 0.4) is 0 Å². The van der Waals surface area contributed by atoms with Gasteiger partial charge in [0.1, 0.15) is 16.5 Å². The average molecular weight is 582 g/mol. The van der Waals surface area contributed by atoms with E-state index in [2.05, 4.69) is 21.9 Å². The third-order valence-electron chi connectivity index (χ3n) is 6.36. The fraction of sp³-hybridized carbons (Fsp3) is 0.393. The summed E-state index contributed by atoms with van der Waals surface area (Å²) in [6.07, 6.45) is 7.23. The van der Waals surface area contributed by atoms with Gasteiger partial charge in [0.2, 0.25) is 5.75 Å². The maximum absolute atomic E-state index is 13.1. The Morgan fingerprint density at radius 2 is 1.82 bits per heavy atom. The molecule has 1 aromatic carbocycles.